The summed E-state index contributed by atoms with van der Waals surface area (Å²) in [6.45, 7) is 2.05. The number of nitrogens with zero attached hydrogens (tertiary/aromatic N) is 5. The molecular weight excluding hydrogens is 510 g/mol. The smallest absolute Gasteiger partial charge is 0.228 e. The maximum Gasteiger partial charge on any atom is 0.228 e. The van der Waals surface area contributed by atoms with E-state index in [0.717, 1.165) is 49.6 Å². The topological polar surface area (TPSA) is 83.1 Å². The number of thiophene rings is 1. The van der Waals surface area contributed by atoms with Crippen LogP contribution in [-0.2, 0) is 11.4 Å². The van der Waals surface area contributed by atoms with Crippen molar-refractivity contribution in [2.45, 2.75) is 19.4 Å². The second-order valence-corrected chi connectivity index (χ2v) is 10.1. The molecule has 9 heteroatoms. The van der Waals surface area contributed by atoms with E-state index in [2.05, 4.69) is 51.6 Å². The Bertz CT molecular complexity index is 1850. The quantitative estimate of drug-likeness (QED) is 0.178. The number of ether oxygens (including phenoxy) is 2. The summed E-state index contributed by atoms with van der Waals surface area (Å²) in [7, 11) is 1.67. The minimum absolute atomic E-state index is 0.133. The molecule has 0 aliphatic carbocycles. The molecule has 0 spiro atoms. The second kappa shape index (κ2) is 9.52. The van der Waals surface area contributed by atoms with Gasteiger partial charge in [0.2, 0.25) is 5.88 Å². The van der Waals surface area contributed by atoms with Crippen molar-refractivity contribution >= 4 is 33.5 Å². The predicted molar refractivity (Wildman–Crippen MR) is 150 cm³/mol. The van der Waals surface area contributed by atoms with E-state index in [1.54, 1.807) is 29.3 Å². The summed E-state index contributed by atoms with van der Waals surface area (Å²) in [4.78, 5) is 16.2. The monoisotopic (exact) mass is 533 g/mol. The van der Waals surface area contributed by atoms with Gasteiger partial charge in [-0.05, 0) is 41.5 Å². The van der Waals surface area contributed by atoms with Crippen LogP contribution in [-0.4, -0.2) is 32.4 Å². The van der Waals surface area contributed by atoms with Gasteiger partial charge in [0.15, 0.2) is 18.1 Å². The zero-order valence-electron chi connectivity index (χ0n) is 21.2. The molecule has 0 saturated carbocycles. The molecule has 8 nitrogen and oxygen atoms in total. The highest BCUT2D eigenvalue weighted by molar-refractivity contribution is 7.12. The van der Waals surface area contributed by atoms with Crippen LogP contribution in [0.3, 0.4) is 0 Å². The molecule has 1 atom stereocenters. The van der Waals surface area contributed by atoms with Gasteiger partial charge in [0.1, 0.15) is 17.8 Å². The molecule has 1 aliphatic rings. The van der Waals surface area contributed by atoms with Gasteiger partial charge in [0.25, 0.3) is 0 Å². The second-order valence-electron chi connectivity index (χ2n) is 9.20. The van der Waals surface area contributed by atoms with E-state index in [1.165, 1.54) is 0 Å². The average molecular weight is 534 g/mol. The number of benzene rings is 3. The zero-order chi connectivity index (χ0) is 26.3. The standard InChI is InChI=1S/C30H23N5O3S/c1-18(24-8-5-15-39-24)34-37-16-25-32-29-27-26(20-9-12-21(36-2)13-10-20)23-14-11-19-6-3-4-7-22(19)28(23)38-30(27)31-17-35(29)33-25/h3-15,17,26H,16H2,1-2H3/b34-18-/t26-/m0/s1. The number of fused-ring (bicyclic) bond motifs is 6. The molecule has 3 aromatic carbocycles. The van der Waals surface area contributed by atoms with Crippen LogP contribution in [0.4, 0.5) is 0 Å². The van der Waals surface area contributed by atoms with Gasteiger partial charge in [0.05, 0.1) is 23.3 Å². The average Bonchev–Trinajstić information content (AvgIpc) is 3.66. The molecule has 39 heavy (non-hydrogen) atoms. The van der Waals surface area contributed by atoms with Crippen LogP contribution in [0.5, 0.6) is 17.4 Å². The SMILES string of the molecule is COc1ccc([C@H]2c3ccc4ccccc4c3Oc3ncn4nc(CO/N=C(/C)c5cccs5)nc4c32)cc1. The van der Waals surface area contributed by atoms with Crippen molar-refractivity contribution < 1.29 is 14.3 Å². The molecule has 0 fully saturated rings. The highest BCUT2D eigenvalue weighted by atomic mass is 32.1. The van der Waals surface area contributed by atoms with Crippen LogP contribution in [0.15, 0.2) is 89.7 Å². The third-order valence-electron chi connectivity index (χ3n) is 6.86. The Hall–Kier alpha value is -4.76. The van der Waals surface area contributed by atoms with Gasteiger partial charge in [-0.3, -0.25) is 0 Å². The van der Waals surface area contributed by atoms with Crippen molar-refractivity contribution in [2.24, 2.45) is 5.16 Å². The first-order valence-electron chi connectivity index (χ1n) is 12.5. The van der Waals surface area contributed by atoms with Gasteiger partial charge < -0.3 is 14.3 Å². The van der Waals surface area contributed by atoms with Crippen molar-refractivity contribution in [3.05, 3.63) is 112 Å². The van der Waals surface area contributed by atoms with Crippen molar-refractivity contribution in [1.82, 2.24) is 19.6 Å². The Labute approximate surface area is 228 Å². The van der Waals surface area contributed by atoms with E-state index in [1.807, 2.05) is 48.7 Å². The minimum atomic E-state index is -0.174. The minimum Gasteiger partial charge on any atom is -0.497 e. The third kappa shape index (κ3) is 4.07. The molecule has 0 amide bonds. The molecule has 192 valence electrons. The Morgan fingerprint density at radius 1 is 1.05 bits per heavy atom. The van der Waals surface area contributed by atoms with E-state index >= 15 is 0 Å². The first-order valence-corrected chi connectivity index (χ1v) is 13.4. The highest BCUT2D eigenvalue weighted by Crippen LogP contribution is 2.50. The van der Waals surface area contributed by atoms with Crippen molar-refractivity contribution in [3.8, 4) is 17.4 Å². The Kier molecular flexibility index (Phi) is 5.70. The number of hydrogen-bond acceptors (Lipinski definition) is 8. The molecule has 7 rings (SSSR count). The lowest BCUT2D eigenvalue weighted by Gasteiger charge is -2.28. The fraction of sp³-hybridized carbons (Fsp3) is 0.133. The summed E-state index contributed by atoms with van der Waals surface area (Å²) >= 11 is 1.62. The van der Waals surface area contributed by atoms with Crippen LogP contribution < -0.4 is 9.47 Å². The number of oxime groups is 1. The van der Waals surface area contributed by atoms with Gasteiger partial charge in [-0.2, -0.15) is 0 Å². The number of hydrogen-bond donors (Lipinski definition) is 0. The van der Waals surface area contributed by atoms with E-state index < -0.39 is 0 Å². The molecule has 4 heterocycles. The van der Waals surface area contributed by atoms with E-state index in [4.69, 9.17) is 19.3 Å². The van der Waals surface area contributed by atoms with Gasteiger partial charge in [0, 0.05) is 16.9 Å². The highest BCUT2D eigenvalue weighted by Gasteiger charge is 2.34. The first-order chi connectivity index (χ1) is 19.2. The van der Waals surface area contributed by atoms with Crippen LogP contribution in [0, 0.1) is 0 Å². The molecule has 0 unspecified atom stereocenters. The first kappa shape index (κ1) is 23.4. The fourth-order valence-corrected chi connectivity index (χ4v) is 5.68. The van der Waals surface area contributed by atoms with Gasteiger partial charge >= 0.3 is 0 Å². The molecule has 3 aromatic heterocycles. The summed E-state index contributed by atoms with van der Waals surface area (Å²) in [6.07, 6.45) is 1.63. The molecule has 6 aromatic rings. The largest absolute Gasteiger partial charge is 0.497 e. The molecule has 1 aliphatic heterocycles. The number of aromatic nitrogens is 4. The maximum absolute atomic E-state index is 6.49. The predicted octanol–water partition coefficient (Wildman–Crippen LogP) is 6.57. The molecule has 0 bridgehead atoms. The Balaban J connectivity index is 1.33. The van der Waals surface area contributed by atoms with Crippen molar-refractivity contribution in [2.75, 3.05) is 7.11 Å². The van der Waals surface area contributed by atoms with Crippen LogP contribution in [0.2, 0.25) is 0 Å². The lowest BCUT2D eigenvalue weighted by Crippen LogP contribution is -2.15. The van der Waals surface area contributed by atoms with Gasteiger partial charge in [-0.25, -0.2) is 14.5 Å². The summed E-state index contributed by atoms with van der Waals surface area (Å²) in [5.74, 6) is 2.44. The van der Waals surface area contributed by atoms with Crippen LogP contribution in [0.25, 0.3) is 16.4 Å². The normalized spacial score (nSPS) is 14.6. The third-order valence-corrected chi connectivity index (χ3v) is 7.84. The number of rotatable bonds is 6. The number of methoxy groups -OCH3 is 1. The van der Waals surface area contributed by atoms with Crippen LogP contribution >= 0.6 is 11.3 Å². The van der Waals surface area contributed by atoms with Crippen LogP contribution in [0.1, 0.15) is 40.2 Å². The van der Waals surface area contributed by atoms with E-state index in [-0.39, 0.29) is 12.5 Å². The summed E-state index contributed by atoms with van der Waals surface area (Å²) < 4.78 is 13.6. The lowest BCUT2D eigenvalue weighted by molar-refractivity contribution is 0.125. The van der Waals surface area contributed by atoms with Gasteiger partial charge in [-0.15, -0.1) is 16.4 Å². The zero-order valence-corrected chi connectivity index (χ0v) is 22.1. The van der Waals surface area contributed by atoms with Gasteiger partial charge in [-0.1, -0.05) is 59.8 Å². The Morgan fingerprint density at radius 2 is 1.92 bits per heavy atom. The summed E-state index contributed by atoms with van der Waals surface area (Å²) in [5.41, 5.74) is 4.44. The molecule has 0 N–H and O–H groups in total. The Morgan fingerprint density at radius 3 is 2.74 bits per heavy atom. The fourth-order valence-electron chi connectivity index (χ4n) is 5.01. The summed E-state index contributed by atoms with van der Waals surface area (Å²) in [6, 6.07) is 24.5. The van der Waals surface area contributed by atoms with E-state index in [9.17, 15) is 0 Å². The molecule has 0 saturated heterocycles. The summed E-state index contributed by atoms with van der Waals surface area (Å²) in [5, 5.41) is 13.0. The van der Waals surface area contributed by atoms with Crippen molar-refractivity contribution in [3.63, 3.8) is 0 Å². The molecular formula is C30H23N5O3S. The van der Waals surface area contributed by atoms with E-state index in [0.29, 0.717) is 17.4 Å². The maximum atomic E-state index is 6.49. The molecule has 0 radical (unpaired) electrons. The van der Waals surface area contributed by atoms with Crippen molar-refractivity contribution in [1.29, 1.82) is 0 Å². The lowest BCUT2D eigenvalue weighted by atomic mass is 9.83.